The van der Waals surface area contributed by atoms with Gasteiger partial charge in [0.05, 0.1) is 26.4 Å². The molecule has 0 aromatic carbocycles. The Morgan fingerprint density at radius 3 is 0.798 bits per heavy atom. The number of phosphoric ester groups is 2. The molecule has 19 heteroatoms. The van der Waals surface area contributed by atoms with E-state index < -0.39 is 97.5 Å². The molecule has 2 unspecified atom stereocenters. The molecule has 0 amide bonds. The van der Waals surface area contributed by atoms with Crippen molar-refractivity contribution in [3.8, 4) is 0 Å². The summed E-state index contributed by atoms with van der Waals surface area (Å²) in [6, 6.07) is 0. The van der Waals surface area contributed by atoms with Gasteiger partial charge in [-0.05, 0) is 103 Å². The number of unbranched alkanes of at least 4 members (excludes halogenated alkanes) is 30. The lowest BCUT2D eigenvalue weighted by Crippen LogP contribution is -2.30. The van der Waals surface area contributed by atoms with E-state index in [0.29, 0.717) is 38.5 Å². The fourth-order valence-corrected chi connectivity index (χ4v) is 12.3. The second-order valence-corrected chi connectivity index (χ2v) is 29.9. The number of rotatable bonds is 76. The van der Waals surface area contributed by atoms with Crippen molar-refractivity contribution in [3.05, 3.63) is 122 Å². The monoisotopic (exact) mass is 1500 g/mol. The van der Waals surface area contributed by atoms with E-state index in [1.807, 2.05) is 36.5 Å². The Hall–Kier alpha value is -4.54. The summed E-state index contributed by atoms with van der Waals surface area (Å²) in [6.07, 6.45) is 84.9. The van der Waals surface area contributed by atoms with Crippen LogP contribution in [0.2, 0.25) is 0 Å². The van der Waals surface area contributed by atoms with Crippen LogP contribution in [0.3, 0.4) is 0 Å². The van der Waals surface area contributed by atoms with Crippen molar-refractivity contribution in [1.29, 1.82) is 0 Å². The molecule has 104 heavy (non-hydrogen) atoms. The Kier molecular flexibility index (Phi) is 73.3. The second-order valence-electron chi connectivity index (χ2n) is 27.0. The second kappa shape index (κ2) is 76.6. The van der Waals surface area contributed by atoms with Gasteiger partial charge in [-0.15, -0.1) is 0 Å². The third kappa shape index (κ3) is 75.7. The highest BCUT2D eigenvalue weighted by Gasteiger charge is 2.30. The quantitative estimate of drug-likeness (QED) is 0.0169. The van der Waals surface area contributed by atoms with Gasteiger partial charge in [0.25, 0.3) is 0 Å². The van der Waals surface area contributed by atoms with Gasteiger partial charge in [0.15, 0.2) is 12.2 Å². The molecular formula is C85H146O17P2. The molecule has 0 aromatic heterocycles. The first-order valence-corrected chi connectivity index (χ1v) is 43.8. The number of hydrogen-bond acceptors (Lipinski definition) is 15. The highest BCUT2D eigenvalue weighted by atomic mass is 31.2. The van der Waals surface area contributed by atoms with Crippen LogP contribution in [0.4, 0.5) is 0 Å². The molecule has 0 aliphatic rings. The highest BCUT2D eigenvalue weighted by molar-refractivity contribution is 7.47. The minimum absolute atomic E-state index is 0.0207. The van der Waals surface area contributed by atoms with Crippen LogP contribution in [-0.4, -0.2) is 96.7 Å². The highest BCUT2D eigenvalue weighted by Crippen LogP contribution is 2.45. The van der Waals surface area contributed by atoms with Crippen molar-refractivity contribution in [2.75, 3.05) is 39.6 Å². The minimum Gasteiger partial charge on any atom is -0.462 e. The maximum atomic E-state index is 13.1. The molecule has 0 radical (unpaired) electrons. The fourth-order valence-electron chi connectivity index (χ4n) is 10.7. The SMILES string of the molecule is CCCCC/C=C\C/C=C\C/C=C\C/C=C\C/C=C\CCC(=O)OC[C@H](COP(=O)(O)OC[C@@H](O)COP(=O)(O)OC[C@@H](COC(=O)CCCCCCCCCCCCCCC)OC(=O)CCCCCCCCCCCCCCC)OC(=O)CC/C=C\C/C=C\C/C=C\C/C=C\C/C=C\CCCCC. The predicted octanol–water partition coefficient (Wildman–Crippen LogP) is 23.9. The molecule has 0 bridgehead atoms. The van der Waals surface area contributed by atoms with Crippen LogP contribution in [0.15, 0.2) is 122 Å². The Morgan fingerprint density at radius 1 is 0.269 bits per heavy atom. The third-order valence-electron chi connectivity index (χ3n) is 17.0. The summed E-state index contributed by atoms with van der Waals surface area (Å²) in [5, 5.41) is 10.6. The number of aliphatic hydroxyl groups excluding tert-OH is 1. The van der Waals surface area contributed by atoms with E-state index in [0.717, 1.165) is 96.3 Å². The summed E-state index contributed by atoms with van der Waals surface area (Å²) in [5.41, 5.74) is 0. The Labute approximate surface area is 632 Å². The maximum Gasteiger partial charge on any atom is 0.472 e. The smallest absolute Gasteiger partial charge is 0.462 e. The van der Waals surface area contributed by atoms with Crippen molar-refractivity contribution in [3.63, 3.8) is 0 Å². The lowest BCUT2D eigenvalue weighted by Gasteiger charge is -2.21. The molecule has 0 aromatic rings. The molecule has 0 spiro atoms. The summed E-state index contributed by atoms with van der Waals surface area (Å²) in [6.45, 7) is 4.68. The lowest BCUT2D eigenvalue weighted by atomic mass is 10.0. The van der Waals surface area contributed by atoms with Crippen molar-refractivity contribution >= 4 is 39.5 Å². The van der Waals surface area contributed by atoms with E-state index in [4.69, 9.17) is 37.0 Å². The van der Waals surface area contributed by atoms with Gasteiger partial charge in [0.1, 0.15) is 19.3 Å². The first-order chi connectivity index (χ1) is 50.7. The van der Waals surface area contributed by atoms with Gasteiger partial charge < -0.3 is 33.8 Å². The number of allylic oxidation sites excluding steroid dienone is 20. The van der Waals surface area contributed by atoms with Gasteiger partial charge in [0, 0.05) is 25.7 Å². The van der Waals surface area contributed by atoms with Gasteiger partial charge in [0.2, 0.25) is 0 Å². The number of phosphoric acid groups is 2. The van der Waals surface area contributed by atoms with Crippen molar-refractivity contribution in [2.24, 2.45) is 0 Å². The number of carbonyl (C=O) groups is 4. The van der Waals surface area contributed by atoms with Crippen LogP contribution in [0.5, 0.6) is 0 Å². The van der Waals surface area contributed by atoms with E-state index in [1.54, 1.807) is 0 Å². The average Bonchev–Trinajstić information content (AvgIpc) is 0.906. The van der Waals surface area contributed by atoms with Gasteiger partial charge in [-0.25, -0.2) is 9.13 Å². The van der Waals surface area contributed by atoms with Crippen LogP contribution >= 0.6 is 15.6 Å². The van der Waals surface area contributed by atoms with E-state index in [9.17, 15) is 43.2 Å². The summed E-state index contributed by atoms with van der Waals surface area (Å²) >= 11 is 0. The average molecular weight is 1500 g/mol. The topological polar surface area (TPSA) is 237 Å². The molecule has 5 atom stereocenters. The van der Waals surface area contributed by atoms with Gasteiger partial charge in [-0.1, -0.05) is 329 Å². The zero-order valence-corrected chi connectivity index (χ0v) is 67.2. The summed E-state index contributed by atoms with van der Waals surface area (Å²) in [4.78, 5) is 72.9. The molecule has 598 valence electrons. The third-order valence-corrected chi connectivity index (χ3v) is 18.9. The van der Waals surface area contributed by atoms with Crippen LogP contribution in [0, 0.1) is 0 Å². The molecular weight excluding hydrogens is 1350 g/mol. The van der Waals surface area contributed by atoms with Crippen molar-refractivity contribution in [1.82, 2.24) is 0 Å². The number of carbonyl (C=O) groups excluding carboxylic acids is 4. The zero-order chi connectivity index (χ0) is 76.0. The van der Waals surface area contributed by atoms with Crippen molar-refractivity contribution < 1.29 is 80.2 Å². The van der Waals surface area contributed by atoms with Gasteiger partial charge in [-0.2, -0.15) is 0 Å². The number of esters is 4. The first kappa shape index (κ1) is 99.5. The minimum atomic E-state index is -5.01. The van der Waals surface area contributed by atoms with Crippen LogP contribution in [0.25, 0.3) is 0 Å². The first-order valence-electron chi connectivity index (χ1n) is 40.8. The maximum absolute atomic E-state index is 13.1. The number of aliphatic hydroxyl groups is 1. The van der Waals surface area contributed by atoms with Crippen LogP contribution in [0.1, 0.15) is 336 Å². The molecule has 0 saturated carbocycles. The summed E-state index contributed by atoms with van der Waals surface area (Å²) in [5.74, 6) is -2.35. The fraction of sp³-hybridized carbons (Fsp3) is 0.718. The standard InChI is InChI=1S/C85H146O17P2/c1-5-9-13-17-21-25-29-33-35-37-39-41-43-47-50-54-58-62-66-70-83(88)96-76-81(102-85(90)72-68-64-60-56-52-48-44-42-40-38-36-34-30-26-22-18-14-10-6-2)78-100-104(93,94)98-74-79(86)73-97-103(91,92)99-77-80(101-84(89)71-67-63-59-55-51-46-32-28-24-20-16-12-8-4)75-95-82(87)69-65-61-57-53-49-45-31-27-23-19-15-11-7-3/h21-22,25-26,33-36,39-42,47-48,50,52,58,60,62,64,79-81,86H,5-20,23-24,27-32,37-38,43-46,49,51,53-57,59,61,63,65-78H2,1-4H3,(H,91,92)(H,93,94)/b25-21-,26-22-,35-33-,36-34-,41-39-,42-40-,50-47-,52-48-,62-58-,64-60-/t79-,80+,81+/m0/s1. The number of hydrogen-bond donors (Lipinski definition) is 3. The Bertz CT molecular complexity index is 2440. The predicted molar refractivity (Wildman–Crippen MR) is 427 cm³/mol. The molecule has 0 aliphatic heterocycles. The van der Waals surface area contributed by atoms with Gasteiger partial charge >= 0.3 is 39.5 Å². The van der Waals surface area contributed by atoms with E-state index in [-0.39, 0.29) is 25.7 Å². The van der Waals surface area contributed by atoms with Gasteiger partial charge in [-0.3, -0.25) is 37.3 Å². The number of ether oxygens (including phenoxy) is 4. The van der Waals surface area contributed by atoms with E-state index >= 15 is 0 Å². The Balaban J connectivity index is 5.48. The largest absolute Gasteiger partial charge is 0.472 e. The molecule has 17 nitrogen and oxygen atoms in total. The van der Waals surface area contributed by atoms with Crippen LogP contribution < -0.4 is 0 Å². The zero-order valence-electron chi connectivity index (χ0n) is 65.4. The van der Waals surface area contributed by atoms with Crippen LogP contribution in [-0.2, 0) is 65.4 Å². The van der Waals surface area contributed by atoms with E-state index in [2.05, 4.69) is 113 Å². The van der Waals surface area contributed by atoms with Crippen molar-refractivity contribution in [2.45, 2.75) is 354 Å². The molecule has 0 rings (SSSR count). The molecule has 0 heterocycles. The lowest BCUT2D eigenvalue weighted by molar-refractivity contribution is -0.161. The molecule has 0 aliphatic carbocycles. The Morgan fingerprint density at radius 2 is 0.490 bits per heavy atom. The normalized spacial score (nSPS) is 14.5. The summed E-state index contributed by atoms with van der Waals surface area (Å²) in [7, 11) is -10.00. The molecule has 3 N–H and O–H groups in total. The van der Waals surface area contributed by atoms with E-state index in [1.165, 1.54) is 148 Å². The molecule has 0 fully saturated rings. The summed E-state index contributed by atoms with van der Waals surface area (Å²) < 4.78 is 68.5. The molecule has 0 saturated heterocycles.